The SMILES string of the molecule is CCC1SCC(C(=O)O)N1C(=O)c1ccno1. The van der Waals surface area contributed by atoms with Gasteiger partial charge in [-0.25, -0.2) is 4.79 Å². The van der Waals surface area contributed by atoms with Gasteiger partial charge in [0.2, 0.25) is 5.76 Å². The van der Waals surface area contributed by atoms with Crippen LogP contribution in [0.4, 0.5) is 0 Å². The first-order chi connectivity index (χ1) is 8.15. The Morgan fingerprint density at radius 1 is 1.71 bits per heavy atom. The highest BCUT2D eigenvalue weighted by Gasteiger charge is 2.42. The van der Waals surface area contributed by atoms with Crippen LogP contribution in [-0.4, -0.2) is 44.2 Å². The summed E-state index contributed by atoms with van der Waals surface area (Å²) in [5.41, 5.74) is 0. The summed E-state index contributed by atoms with van der Waals surface area (Å²) < 4.78 is 4.79. The quantitative estimate of drug-likeness (QED) is 0.870. The maximum atomic E-state index is 12.1. The first-order valence-electron chi connectivity index (χ1n) is 5.23. The number of hydrogen-bond acceptors (Lipinski definition) is 5. The molecule has 1 aliphatic rings. The molecule has 1 aromatic rings. The van der Waals surface area contributed by atoms with Crippen LogP contribution in [0.25, 0.3) is 0 Å². The predicted octanol–water partition coefficient (Wildman–Crippen LogP) is 1.05. The number of carboxylic acids is 1. The number of rotatable bonds is 3. The molecule has 1 amide bonds. The fraction of sp³-hybridized carbons (Fsp3) is 0.500. The Morgan fingerprint density at radius 2 is 2.47 bits per heavy atom. The van der Waals surface area contributed by atoms with Crippen LogP contribution in [0.15, 0.2) is 16.8 Å². The van der Waals surface area contributed by atoms with Crippen LogP contribution in [0.3, 0.4) is 0 Å². The van der Waals surface area contributed by atoms with E-state index in [2.05, 4.69) is 5.16 Å². The van der Waals surface area contributed by atoms with Crippen molar-refractivity contribution in [3.8, 4) is 0 Å². The monoisotopic (exact) mass is 256 g/mol. The average Bonchev–Trinajstić information content (AvgIpc) is 2.96. The van der Waals surface area contributed by atoms with Crippen molar-refractivity contribution in [2.45, 2.75) is 24.8 Å². The Hall–Kier alpha value is -1.50. The van der Waals surface area contributed by atoms with Gasteiger partial charge in [0.1, 0.15) is 6.04 Å². The fourth-order valence-corrected chi connectivity index (χ4v) is 3.14. The minimum Gasteiger partial charge on any atom is -0.480 e. The molecule has 0 radical (unpaired) electrons. The molecule has 0 bridgehead atoms. The maximum Gasteiger partial charge on any atom is 0.327 e. The third kappa shape index (κ3) is 2.14. The van der Waals surface area contributed by atoms with Crippen LogP contribution in [0.5, 0.6) is 0 Å². The van der Waals surface area contributed by atoms with Gasteiger partial charge < -0.3 is 14.5 Å². The lowest BCUT2D eigenvalue weighted by Gasteiger charge is -2.25. The van der Waals surface area contributed by atoms with E-state index >= 15 is 0 Å². The van der Waals surface area contributed by atoms with Gasteiger partial charge in [-0.05, 0) is 6.42 Å². The van der Waals surface area contributed by atoms with Crippen molar-refractivity contribution < 1.29 is 19.2 Å². The molecular formula is C10H12N2O4S. The minimum atomic E-state index is -0.985. The second-order valence-electron chi connectivity index (χ2n) is 3.64. The third-order valence-electron chi connectivity index (χ3n) is 2.61. The van der Waals surface area contributed by atoms with Crippen molar-refractivity contribution in [3.05, 3.63) is 18.0 Å². The van der Waals surface area contributed by atoms with E-state index in [0.29, 0.717) is 12.2 Å². The average molecular weight is 256 g/mol. The molecule has 0 saturated carbocycles. The first kappa shape index (κ1) is 12.0. The summed E-state index contributed by atoms with van der Waals surface area (Å²) >= 11 is 1.47. The molecule has 92 valence electrons. The van der Waals surface area contributed by atoms with Gasteiger partial charge in [-0.1, -0.05) is 12.1 Å². The smallest absolute Gasteiger partial charge is 0.327 e. The van der Waals surface area contributed by atoms with Crippen molar-refractivity contribution in [2.75, 3.05) is 5.75 Å². The molecule has 0 spiro atoms. The second kappa shape index (κ2) is 4.79. The van der Waals surface area contributed by atoms with Gasteiger partial charge in [-0.2, -0.15) is 0 Å². The van der Waals surface area contributed by atoms with Crippen molar-refractivity contribution >= 4 is 23.6 Å². The predicted molar refractivity (Wildman–Crippen MR) is 60.6 cm³/mol. The summed E-state index contributed by atoms with van der Waals surface area (Å²) in [7, 11) is 0. The van der Waals surface area contributed by atoms with Gasteiger partial charge in [0.15, 0.2) is 0 Å². The Kier molecular flexibility index (Phi) is 3.37. The lowest BCUT2D eigenvalue weighted by Crippen LogP contribution is -2.45. The van der Waals surface area contributed by atoms with Gasteiger partial charge in [0.25, 0.3) is 5.91 Å². The number of aliphatic carboxylic acids is 1. The van der Waals surface area contributed by atoms with Crippen LogP contribution in [0.1, 0.15) is 23.9 Å². The summed E-state index contributed by atoms with van der Waals surface area (Å²) in [5.74, 6) is -0.904. The van der Waals surface area contributed by atoms with Crippen molar-refractivity contribution in [2.24, 2.45) is 0 Å². The molecule has 17 heavy (non-hydrogen) atoms. The van der Waals surface area contributed by atoms with Gasteiger partial charge in [-0.3, -0.25) is 4.79 Å². The van der Waals surface area contributed by atoms with E-state index in [9.17, 15) is 9.59 Å². The molecular weight excluding hydrogens is 244 g/mol. The van der Waals surface area contributed by atoms with Crippen LogP contribution in [0, 0.1) is 0 Å². The molecule has 2 rings (SSSR count). The van der Waals surface area contributed by atoms with E-state index in [1.165, 1.54) is 28.9 Å². The van der Waals surface area contributed by atoms with Crippen molar-refractivity contribution in [1.82, 2.24) is 10.1 Å². The number of aromatic nitrogens is 1. The lowest BCUT2D eigenvalue weighted by molar-refractivity contribution is -0.141. The summed E-state index contributed by atoms with van der Waals surface area (Å²) in [6, 6.07) is 0.652. The molecule has 7 heteroatoms. The fourth-order valence-electron chi connectivity index (χ4n) is 1.79. The van der Waals surface area contributed by atoms with E-state index in [1.807, 2.05) is 6.92 Å². The molecule has 6 nitrogen and oxygen atoms in total. The molecule has 1 aliphatic heterocycles. The van der Waals surface area contributed by atoms with Gasteiger partial charge in [0.05, 0.1) is 11.6 Å². The molecule has 0 aliphatic carbocycles. The highest BCUT2D eigenvalue weighted by Crippen LogP contribution is 2.32. The third-order valence-corrected chi connectivity index (χ3v) is 4.06. The Labute approximate surface area is 102 Å². The van der Waals surface area contributed by atoms with Crippen LogP contribution >= 0.6 is 11.8 Å². The summed E-state index contributed by atoms with van der Waals surface area (Å²) in [4.78, 5) is 24.6. The van der Waals surface area contributed by atoms with E-state index in [0.717, 1.165) is 0 Å². The maximum absolute atomic E-state index is 12.1. The molecule has 2 unspecified atom stereocenters. The van der Waals surface area contributed by atoms with Gasteiger partial charge >= 0.3 is 5.97 Å². The number of thioether (sulfide) groups is 1. The molecule has 1 aromatic heterocycles. The minimum absolute atomic E-state index is 0.0807. The van der Waals surface area contributed by atoms with Crippen LogP contribution in [0.2, 0.25) is 0 Å². The molecule has 2 heterocycles. The van der Waals surface area contributed by atoms with Crippen LogP contribution < -0.4 is 0 Å². The zero-order valence-electron chi connectivity index (χ0n) is 9.20. The number of carboxylic acid groups (broad SMARTS) is 1. The molecule has 1 saturated heterocycles. The van der Waals surface area contributed by atoms with E-state index in [1.54, 1.807) is 0 Å². The largest absolute Gasteiger partial charge is 0.480 e. The lowest BCUT2D eigenvalue weighted by atomic mass is 10.2. The zero-order valence-corrected chi connectivity index (χ0v) is 10.0. The molecule has 1 N–H and O–H groups in total. The van der Waals surface area contributed by atoms with E-state index < -0.39 is 17.9 Å². The highest BCUT2D eigenvalue weighted by molar-refractivity contribution is 8.00. The summed E-state index contributed by atoms with van der Waals surface area (Å²) in [6.45, 7) is 1.92. The number of hydrogen-bond donors (Lipinski definition) is 1. The highest BCUT2D eigenvalue weighted by atomic mass is 32.2. The number of amides is 1. The van der Waals surface area contributed by atoms with Crippen molar-refractivity contribution in [1.29, 1.82) is 0 Å². The first-order valence-corrected chi connectivity index (χ1v) is 6.27. The zero-order chi connectivity index (χ0) is 12.4. The topological polar surface area (TPSA) is 83.6 Å². The van der Waals surface area contributed by atoms with E-state index in [-0.39, 0.29) is 11.1 Å². The Balaban J connectivity index is 2.25. The Bertz CT molecular complexity index is 420. The molecule has 1 fully saturated rings. The Morgan fingerprint density at radius 3 is 3.00 bits per heavy atom. The van der Waals surface area contributed by atoms with Crippen LogP contribution in [-0.2, 0) is 4.79 Å². The second-order valence-corrected chi connectivity index (χ2v) is 4.85. The molecule has 0 aromatic carbocycles. The summed E-state index contributed by atoms with van der Waals surface area (Å²) in [5, 5.41) is 12.4. The van der Waals surface area contributed by atoms with Gasteiger partial charge in [0, 0.05) is 11.8 Å². The number of nitrogens with zero attached hydrogens (tertiary/aromatic N) is 2. The molecule has 2 atom stereocenters. The van der Waals surface area contributed by atoms with E-state index in [4.69, 9.17) is 9.63 Å². The van der Waals surface area contributed by atoms with Crippen molar-refractivity contribution in [3.63, 3.8) is 0 Å². The number of carbonyl (C=O) groups excluding carboxylic acids is 1. The number of carbonyl (C=O) groups is 2. The normalized spacial score (nSPS) is 23.9. The standard InChI is InChI=1S/C10H12N2O4S/c1-2-8-12(6(5-17-8)10(14)15)9(13)7-3-4-11-16-7/h3-4,6,8H,2,5H2,1H3,(H,14,15). The summed E-state index contributed by atoms with van der Waals surface area (Å²) in [6.07, 6.45) is 2.07. The van der Waals surface area contributed by atoms with Gasteiger partial charge in [-0.15, -0.1) is 11.8 Å².